The zero-order valence-corrected chi connectivity index (χ0v) is 14.5. The van der Waals surface area contributed by atoms with Crippen LogP contribution in [0.5, 0.6) is 0 Å². The van der Waals surface area contributed by atoms with E-state index in [2.05, 4.69) is 24.2 Å². The second kappa shape index (κ2) is 6.09. The van der Waals surface area contributed by atoms with Crippen molar-refractivity contribution in [2.45, 2.75) is 43.2 Å². The van der Waals surface area contributed by atoms with Crippen molar-refractivity contribution >= 4 is 10.0 Å². The topological polar surface area (TPSA) is 55.2 Å². The largest absolute Gasteiger partial charge is 0.260 e. The SMILES string of the molecule is CCC1(Cc2ccccc2)CCCN1S(=O)(=O)c1ccnn1C. The smallest absolute Gasteiger partial charge is 0.256 e. The van der Waals surface area contributed by atoms with E-state index in [0.29, 0.717) is 6.54 Å². The number of nitrogens with zero attached hydrogens (tertiary/aromatic N) is 3. The summed E-state index contributed by atoms with van der Waals surface area (Å²) in [7, 11) is -1.86. The van der Waals surface area contributed by atoms with Crippen molar-refractivity contribution in [3.63, 3.8) is 0 Å². The number of sulfonamides is 1. The van der Waals surface area contributed by atoms with Gasteiger partial charge in [-0.25, -0.2) is 8.42 Å². The van der Waals surface area contributed by atoms with Gasteiger partial charge in [0.05, 0.1) is 6.20 Å². The molecule has 2 aromatic rings. The summed E-state index contributed by atoms with van der Waals surface area (Å²) < 4.78 is 29.4. The standard InChI is InChI=1S/C17H23N3O2S/c1-3-17(14-15-8-5-4-6-9-15)11-7-13-20(17)23(21,22)16-10-12-18-19(16)2/h4-6,8-10,12H,3,7,11,13-14H2,1-2H3. The maximum atomic E-state index is 13.1. The van der Waals surface area contributed by atoms with Gasteiger partial charge in [0.15, 0.2) is 5.03 Å². The van der Waals surface area contributed by atoms with Crippen molar-refractivity contribution in [2.75, 3.05) is 6.54 Å². The number of benzene rings is 1. The van der Waals surface area contributed by atoms with Crippen molar-refractivity contribution in [1.29, 1.82) is 0 Å². The molecule has 5 nitrogen and oxygen atoms in total. The molecule has 23 heavy (non-hydrogen) atoms. The van der Waals surface area contributed by atoms with Gasteiger partial charge in [-0.1, -0.05) is 37.3 Å². The second-order valence-corrected chi connectivity index (χ2v) is 8.02. The maximum absolute atomic E-state index is 13.1. The van der Waals surface area contributed by atoms with Crippen LogP contribution in [0.3, 0.4) is 0 Å². The maximum Gasteiger partial charge on any atom is 0.260 e. The molecular formula is C17H23N3O2S. The Morgan fingerprint density at radius 3 is 2.57 bits per heavy atom. The van der Waals surface area contributed by atoms with Gasteiger partial charge in [0.2, 0.25) is 0 Å². The highest BCUT2D eigenvalue weighted by molar-refractivity contribution is 7.89. The van der Waals surface area contributed by atoms with Gasteiger partial charge in [-0.05, 0) is 37.3 Å². The minimum atomic E-state index is -3.53. The molecule has 0 aliphatic carbocycles. The first-order chi connectivity index (χ1) is 11.0. The molecule has 6 heteroatoms. The number of aromatic nitrogens is 2. The normalized spacial score (nSPS) is 22.5. The van der Waals surface area contributed by atoms with Crippen molar-refractivity contribution in [3.05, 3.63) is 48.2 Å². The van der Waals surface area contributed by atoms with Crippen LogP contribution in [0.15, 0.2) is 47.6 Å². The molecule has 3 rings (SSSR count). The number of aryl methyl sites for hydroxylation is 1. The van der Waals surface area contributed by atoms with E-state index in [0.717, 1.165) is 25.7 Å². The molecule has 1 aliphatic rings. The zero-order chi connectivity index (χ0) is 16.5. The molecule has 0 saturated carbocycles. The van der Waals surface area contributed by atoms with Crippen LogP contribution in [0.4, 0.5) is 0 Å². The summed E-state index contributed by atoms with van der Waals surface area (Å²) in [4.78, 5) is 0. The number of hydrogen-bond donors (Lipinski definition) is 0. The quantitative estimate of drug-likeness (QED) is 0.845. The van der Waals surface area contributed by atoms with E-state index >= 15 is 0 Å². The molecule has 1 fully saturated rings. The predicted molar refractivity (Wildman–Crippen MR) is 89.5 cm³/mol. The predicted octanol–water partition coefficient (Wildman–Crippen LogP) is 2.60. The van der Waals surface area contributed by atoms with Crippen LogP contribution in [0.2, 0.25) is 0 Å². The van der Waals surface area contributed by atoms with E-state index in [1.165, 1.54) is 16.4 Å². The zero-order valence-electron chi connectivity index (χ0n) is 13.6. The van der Waals surface area contributed by atoms with Crippen molar-refractivity contribution in [2.24, 2.45) is 7.05 Å². The molecular weight excluding hydrogens is 310 g/mol. The van der Waals surface area contributed by atoms with E-state index < -0.39 is 10.0 Å². The Kier molecular flexibility index (Phi) is 4.29. The minimum absolute atomic E-state index is 0.269. The average molecular weight is 333 g/mol. The molecule has 124 valence electrons. The molecule has 0 radical (unpaired) electrons. The second-order valence-electron chi connectivity index (χ2n) is 6.21. The van der Waals surface area contributed by atoms with Crippen LogP contribution in [0.1, 0.15) is 31.7 Å². The van der Waals surface area contributed by atoms with Gasteiger partial charge in [0.25, 0.3) is 10.0 Å². The number of rotatable bonds is 5. The Bertz CT molecular complexity index is 770. The third kappa shape index (κ3) is 2.81. The van der Waals surface area contributed by atoms with Crippen LogP contribution < -0.4 is 0 Å². The van der Waals surface area contributed by atoms with E-state index in [1.54, 1.807) is 17.4 Å². The van der Waals surface area contributed by atoms with Crippen molar-refractivity contribution in [1.82, 2.24) is 14.1 Å². The molecule has 0 N–H and O–H groups in total. The first-order valence-corrected chi connectivity index (χ1v) is 9.48. The highest BCUT2D eigenvalue weighted by atomic mass is 32.2. The van der Waals surface area contributed by atoms with Crippen molar-refractivity contribution < 1.29 is 8.42 Å². The van der Waals surface area contributed by atoms with Gasteiger partial charge in [-0.15, -0.1) is 0 Å². The van der Waals surface area contributed by atoms with E-state index in [1.807, 2.05) is 18.2 Å². The molecule has 1 saturated heterocycles. The average Bonchev–Trinajstić information content (AvgIpc) is 3.16. The molecule has 1 aromatic carbocycles. The lowest BCUT2D eigenvalue weighted by Crippen LogP contribution is -2.48. The summed E-state index contributed by atoms with van der Waals surface area (Å²) in [6, 6.07) is 11.7. The molecule has 1 atom stereocenters. The van der Waals surface area contributed by atoms with E-state index in [4.69, 9.17) is 0 Å². The monoisotopic (exact) mass is 333 g/mol. The van der Waals surface area contributed by atoms with Crippen molar-refractivity contribution in [3.8, 4) is 0 Å². The molecule has 0 spiro atoms. The summed E-state index contributed by atoms with van der Waals surface area (Å²) in [5.41, 5.74) is 0.839. The summed E-state index contributed by atoms with van der Waals surface area (Å²) in [6.45, 7) is 2.66. The summed E-state index contributed by atoms with van der Waals surface area (Å²) in [5.74, 6) is 0. The highest BCUT2D eigenvalue weighted by Gasteiger charge is 2.47. The van der Waals surface area contributed by atoms with Crippen LogP contribution in [-0.2, 0) is 23.5 Å². The Morgan fingerprint density at radius 1 is 1.22 bits per heavy atom. The van der Waals surface area contributed by atoms with Crippen LogP contribution in [-0.4, -0.2) is 34.6 Å². The molecule has 2 heterocycles. The molecule has 0 bridgehead atoms. The minimum Gasteiger partial charge on any atom is -0.256 e. The Hall–Kier alpha value is -1.66. The summed E-state index contributed by atoms with van der Waals surface area (Å²) >= 11 is 0. The molecule has 1 unspecified atom stereocenters. The third-order valence-corrected chi connectivity index (χ3v) is 6.98. The fourth-order valence-electron chi connectivity index (χ4n) is 3.65. The van der Waals surface area contributed by atoms with E-state index in [9.17, 15) is 8.42 Å². The lowest BCUT2D eigenvalue weighted by Gasteiger charge is -2.37. The fraction of sp³-hybridized carbons (Fsp3) is 0.471. The molecule has 1 aliphatic heterocycles. The Balaban J connectivity index is 1.99. The highest BCUT2D eigenvalue weighted by Crippen LogP contribution is 2.39. The first kappa shape index (κ1) is 16.2. The van der Waals surface area contributed by atoms with Gasteiger partial charge in [0, 0.05) is 19.1 Å². The Labute approximate surface area is 138 Å². The molecule has 0 amide bonds. The Morgan fingerprint density at radius 2 is 1.96 bits per heavy atom. The van der Waals surface area contributed by atoms with Crippen LogP contribution >= 0.6 is 0 Å². The first-order valence-electron chi connectivity index (χ1n) is 8.04. The fourth-order valence-corrected chi connectivity index (χ4v) is 5.65. The third-order valence-electron chi connectivity index (χ3n) is 4.90. The van der Waals surface area contributed by atoms with E-state index in [-0.39, 0.29) is 10.6 Å². The van der Waals surface area contributed by atoms with Gasteiger partial charge in [0.1, 0.15) is 0 Å². The van der Waals surface area contributed by atoms with Gasteiger partial charge < -0.3 is 0 Å². The van der Waals surface area contributed by atoms with Crippen LogP contribution in [0.25, 0.3) is 0 Å². The lowest BCUT2D eigenvalue weighted by molar-refractivity contribution is 0.228. The van der Waals surface area contributed by atoms with Gasteiger partial charge in [-0.3, -0.25) is 4.68 Å². The summed E-state index contributed by atoms with van der Waals surface area (Å²) in [6.07, 6.45) is 4.89. The van der Waals surface area contributed by atoms with Gasteiger partial charge >= 0.3 is 0 Å². The summed E-state index contributed by atoms with van der Waals surface area (Å²) in [5, 5.41) is 4.29. The number of hydrogen-bond acceptors (Lipinski definition) is 3. The lowest BCUT2D eigenvalue weighted by atomic mass is 9.87. The molecule has 1 aromatic heterocycles. The van der Waals surface area contributed by atoms with Gasteiger partial charge in [-0.2, -0.15) is 9.40 Å². The van der Waals surface area contributed by atoms with Crippen LogP contribution in [0, 0.1) is 0 Å².